The highest BCUT2D eigenvalue weighted by molar-refractivity contribution is 5.56. The molecule has 0 N–H and O–H groups in total. The van der Waals surface area contributed by atoms with Crippen molar-refractivity contribution in [2.24, 2.45) is 0 Å². The van der Waals surface area contributed by atoms with Crippen LogP contribution in [-0.2, 0) is 6.18 Å². The molecule has 0 aliphatic heterocycles. The van der Waals surface area contributed by atoms with E-state index < -0.39 is 11.7 Å². The van der Waals surface area contributed by atoms with Gasteiger partial charge in [-0.05, 0) is 25.5 Å². The minimum absolute atomic E-state index is 0.102. The van der Waals surface area contributed by atoms with E-state index in [9.17, 15) is 13.2 Å². The number of aryl methyl sites for hydroxylation is 2. The molecular formula is C12H15F3N2. The van der Waals surface area contributed by atoms with Crippen molar-refractivity contribution in [1.82, 2.24) is 9.38 Å². The first-order chi connectivity index (χ1) is 7.89. The van der Waals surface area contributed by atoms with E-state index in [1.165, 1.54) is 10.6 Å². The first-order valence-electron chi connectivity index (χ1n) is 5.41. The summed E-state index contributed by atoms with van der Waals surface area (Å²) in [4.78, 5) is 3.87. The number of aromatic nitrogens is 2. The number of hydrogen-bond donors (Lipinski definition) is 0. The van der Waals surface area contributed by atoms with Crippen molar-refractivity contribution in [3.63, 3.8) is 0 Å². The van der Waals surface area contributed by atoms with Crippen LogP contribution >= 0.6 is 0 Å². The van der Waals surface area contributed by atoms with Gasteiger partial charge in [0.2, 0.25) is 0 Å². The molecule has 0 atom stereocenters. The van der Waals surface area contributed by atoms with Gasteiger partial charge < -0.3 is 4.40 Å². The number of fused-ring (bicyclic) bond motifs is 1. The molecule has 0 unspecified atom stereocenters. The second-order valence-corrected chi connectivity index (χ2v) is 3.49. The van der Waals surface area contributed by atoms with E-state index in [1.54, 1.807) is 20.0 Å². The van der Waals surface area contributed by atoms with Crippen LogP contribution in [0.5, 0.6) is 0 Å². The standard InChI is InChI=1S/C10H9F3N2.C2H6/c1-6-3-8(10(11,12)13)9-4-14-7(2)15(9)5-6;1-2/h3-5H,1-2H3;1-2H3. The van der Waals surface area contributed by atoms with Gasteiger partial charge in [0.05, 0.1) is 17.3 Å². The molecule has 0 saturated heterocycles. The molecule has 0 amide bonds. The molecular weight excluding hydrogens is 229 g/mol. The maximum absolute atomic E-state index is 12.7. The molecule has 0 bridgehead atoms. The monoisotopic (exact) mass is 244 g/mol. The third-order valence-electron chi connectivity index (χ3n) is 2.27. The predicted molar refractivity (Wildman–Crippen MR) is 61.0 cm³/mol. The van der Waals surface area contributed by atoms with Crippen LogP contribution in [0.3, 0.4) is 0 Å². The van der Waals surface area contributed by atoms with Gasteiger partial charge >= 0.3 is 6.18 Å². The minimum atomic E-state index is -4.33. The zero-order chi connectivity index (χ0) is 13.2. The largest absolute Gasteiger partial charge is 0.418 e. The van der Waals surface area contributed by atoms with Crippen LogP contribution in [0.25, 0.3) is 5.52 Å². The molecule has 0 saturated carbocycles. The Hall–Kier alpha value is -1.52. The molecule has 2 heterocycles. The van der Waals surface area contributed by atoms with E-state index in [-0.39, 0.29) is 5.52 Å². The SMILES string of the molecule is CC.Cc1cc(C(F)(F)F)c2cnc(C)n2c1. The summed E-state index contributed by atoms with van der Waals surface area (Å²) in [5.41, 5.74) is 0.0321. The van der Waals surface area contributed by atoms with Gasteiger partial charge in [-0.2, -0.15) is 13.2 Å². The molecule has 5 heteroatoms. The molecule has 17 heavy (non-hydrogen) atoms. The van der Waals surface area contributed by atoms with Crippen molar-refractivity contribution < 1.29 is 13.2 Å². The summed E-state index contributed by atoms with van der Waals surface area (Å²) in [5, 5.41) is 0. The third kappa shape index (κ3) is 2.60. The summed E-state index contributed by atoms with van der Waals surface area (Å²) in [6, 6.07) is 1.14. The van der Waals surface area contributed by atoms with E-state index in [2.05, 4.69) is 4.98 Å². The molecule has 94 valence electrons. The highest BCUT2D eigenvalue weighted by Gasteiger charge is 2.33. The van der Waals surface area contributed by atoms with E-state index in [0.29, 0.717) is 11.4 Å². The smallest absolute Gasteiger partial charge is 0.303 e. The Morgan fingerprint density at radius 2 is 1.76 bits per heavy atom. The molecule has 2 aromatic heterocycles. The number of nitrogens with zero attached hydrogens (tertiary/aromatic N) is 2. The van der Waals surface area contributed by atoms with Crippen molar-refractivity contribution in [1.29, 1.82) is 0 Å². The van der Waals surface area contributed by atoms with Crippen LogP contribution in [0.1, 0.15) is 30.8 Å². The van der Waals surface area contributed by atoms with Gasteiger partial charge in [0.15, 0.2) is 0 Å². The highest BCUT2D eigenvalue weighted by Crippen LogP contribution is 2.33. The Morgan fingerprint density at radius 1 is 1.18 bits per heavy atom. The summed E-state index contributed by atoms with van der Waals surface area (Å²) in [6.45, 7) is 7.31. The van der Waals surface area contributed by atoms with Crippen molar-refractivity contribution in [3.05, 3.63) is 35.4 Å². The molecule has 2 nitrogen and oxygen atoms in total. The van der Waals surface area contributed by atoms with Crippen LogP contribution in [-0.4, -0.2) is 9.38 Å². The minimum Gasteiger partial charge on any atom is -0.303 e. The van der Waals surface area contributed by atoms with Gasteiger partial charge in [-0.1, -0.05) is 13.8 Å². The Balaban J connectivity index is 0.000000686. The normalized spacial score (nSPS) is 11.2. The summed E-state index contributed by atoms with van der Waals surface area (Å²) in [7, 11) is 0. The first-order valence-corrected chi connectivity index (χ1v) is 5.41. The lowest BCUT2D eigenvalue weighted by Gasteiger charge is -2.10. The van der Waals surface area contributed by atoms with Gasteiger partial charge in [-0.3, -0.25) is 0 Å². The van der Waals surface area contributed by atoms with Gasteiger partial charge in [0, 0.05) is 6.20 Å². The van der Waals surface area contributed by atoms with Crippen LogP contribution < -0.4 is 0 Å². The average molecular weight is 244 g/mol. The zero-order valence-corrected chi connectivity index (χ0v) is 10.3. The topological polar surface area (TPSA) is 17.3 Å². The van der Waals surface area contributed by atoms with Crippen LogP contribution in [0.15, 0.2) is 18.5 Å². The summed E-state index contributed by atoms with van der Waals surface area (Å²) < 4.78 is 39.5. The number of imidazole rings is 1. The third-order valence-corrected chi connectivity index (χ3v) is 2.27. The van der Waals surface area contributed by atoms with Crippen LogP contribution in [0, 0.1) is 13.8 Å². The van der Waals surface area contributed by atoms with E-state index in [4.69, 9.17) is 0 Å². The van der Waals surface area contributed by atoms with Gasteiger partial charge in [0.25, 0.3) is 0 Å². The van der Waals surface area contributed by atoms with Crippen LogP contribution in [0.2, 0.25) is 0 Å². The first kappa shape index (κ1) is 13.5. The number of alkyl halides is 3. The summed E-state index contributed by atoms with van der Waals surface area (Å²) in [6.07, 6.45) is -1.44. The molecule has 0 aliphatic carbocycles. The lowest BCUT2D eigenvalue weighted by atomic mass is 10.2. The summed E-state index contributed by atoms with van der Waals surface area (Å²) >= 11 is 0. The molecule has 2 aromatic rings. The second kappa shape index (κ2) is 4.77. The number of rotatable bonds is 0. The predicted octanol–water partition coefficient (Wildman–Crippen LogP) is 4.00. The Bertz CT molecular complexity index is 512. The second-order valence-electron chi connectivity index (χ2n) is 3.49. The van der Waals surface area contributed by atoms with Gasteiger partial charge in [0.1, 0.15) is 5.82 Å². The maximum atomic E-state index is 12.7. The Morgan fingerprint density at radius 3 is 2.29 bits per heavy atom. The quantitative estimate of drug-likeness (QED) is 0.684. The number of halogens is 3. The number of hydrogen-bond acceptors (Lipinski definition) is 1. The fourth-order valence-electron chi connectivity index (χ4n) is 1.59. The maximum Gasteiger partial charge on any atom is 0.418 e. The lowest BCUT2D eigenvalue weighted by Crippen LogP contribution is -2.08. The van der Waals surface area contributed by atoms with E-state index in [0.717, 1.165) is 6.07 Å². The molecule has 0 aliphatic rings. The fraction of sp³-hybridized carbons (Fsp3) is 0.417. The average Bonchev–Trinajstić information content (AvgIpc) is 2.61. The molecule has 2 rings (SSSR count). The molecule has 0 spiro atoms. The van der Waals surface area contributed by atoms with Crippen molar-refractivity contribution >= 4 is 5.52 Å². The molecule has 0 radical (unpaired) electrons. The highest BCUT2D eigenvalue weighted by atomic mass is 19.4. The Kier molecular flexibility index (Phi) is 3.80. The van der Waals surface area contributed by atoms with Crippen molar-refractivity contribution in [3.8, 4) is 0 Å². The van der Waals surface area contributed by atoms with Gasteiger partial charge in [-0.25, -0.2) is 4.98 Å². The lowest BCUT2D eigenvalue weighted by molar-refractivity contribution is -0.136. The molecule has 0 fully saturated rings. The Labute approximate surface area is 98.1 Å². The van der Waals surface area contributed by atoms with Crippen LogP contribution in [0.4, 0.5) is 13.2 Å². The summed E-state index contributed by atoms with van der Waals surface area (Å²) in [5.74, 6) is 0.555. The van der Waals surface area contributed by atoms with E-state index in [1.807, 2.05) is 13.8 Å². The van der Waals surface area contributed by atoms with Crippen molar-refractivity contribution in [2.45, 2.75) is 33.9 Å². The van der Waals surface area contributed by atoms with Gasteiger partial charge in [-0.15, -0.1) is 0 Å². The zero-order valence-electron chi connectivity index (χ0n) is 10.3. The van der Waals surface area contributed by atoms with Crippen molar-refractivity contribution in [2.75, 3.05) is 0 Å². The molecule has 0 aromatic carbocycles. The number of pyridine rings is 1. The fourth-order valence-corrected chi connectivity index (χ4v) is 1.59. The van der Waals surface area contributed by atoms with E-state index >= 15 is 0 Å².